The van der Waals surface area contributed by atoms with Crippen LogP contribution in [0.25, 0.3) is 10.2 Å². The van der Waals surface area contributed by atoms with Crippen LogP contribution < -0.4 is 21.1 Å². The third-order valence-corrected chi connectivity index (χ3v) is 20.8. The van der Waals surface area contributed by atoms with Crippen LogP contribution in [0.5, 0.6) is 11.5 Å². The zero-order valence-electron chi connectivity index (χ0n) is 49.4. The molecule has 2 heterocycles. The van der Waals surface area contributed by atoms with Crippen LogP contribution in [0.2, 0.25) is 0 Å². The number of amides is 1. The maximum absolute atomic E-state index is 14.2. The number of carbonyl (C=O) groups is 3. The third-order valence-electron chi connectivity index (χ3n) is 19.9. The minimum absolute atomic E-state index is 0.109. The lowest BCUT2D eigenvalue weighted by Gasteiger charge is -2.58. The summed E-state index contributed by atoms with van der Waals surface area (Å²) in [5.41, 5.74) is 6.71. The Morgan fingerprint density at radius 1 is 0.870 bits per heavy atom. The van der Waals surface area contributed by atoms with E-state index in [0.717, 1.165) is 89.4 Å². The molecule has 4 fully saturated rings. The predicted molar refractivity (Wildman–Crippen MR) is 310 cm³/mol. The van der Waals surface area contributed by atoms with E-state index in [9.17, 15) is 14.4 Å². The summed E-state index contributed by atoms with van der Waals surface area (Å²) in [7, 11) is 1.56. The fourth-order valence-electron chi connectivity index (χ4n) is 15.1. The summed E-state index contributed by atoms with van der Waals surface area (Å²) >= 11 is 1.51. The fourth-order valence-corrected chi connectivity index (χ4v) is 16.1. The number of anilines is 1. The molecule has 8 rings (SSSR count). The van der Waals surface area contributed by atoms with Crippen LogP contribution >= 0.6 is 11.3 Å². The topological polar surface area (TPSA) is 164 Å². The zero-order valence-corrected chi connectivity index (χ0v) is 50.2. The number of pyridine rings is 1. The molecule has 0 saturated heterocycles. The Morgan fingerprint density at radius 3 is 2.38 bits per heavy atom. The number of nitrogens with zero attached hydrogens (tertiary/aromatic N) is 2. The van der Waals surface area contributed by atoms with Gasteiger partial charge in [0, 0.05) is 25.4 Å². The number of Topliss-reactive ketones (excluding diaryl/α,β-unsaturated/α-hetero) is 1. The molecule has 426 valence electrons. The van der Waals surface area contributed by atoms with E-state index in [0.29, 0.717) is 42.8 Å². The number of ether oxygens (including phenoxy) is 4. The number of thiazole rings is 1. The van der Waals surface area contributed by atoms with Crippen LogP contribution in [0.1, 0.15) is 209 Å². The first-order valence-electron chi connectivity index (χ1n) is 29.8. The summed E-state index contributed by atoms with van der Waals surface area (Å²) in [6.07, 6.45) is 23.2. The maximum Gasteiger partial charge on any atom is 0.311 e. The largest absolute Gasteiger partial charge is 0.460 e. The quantitative estimate of drug-likeness (QED) is 0.0612. The first-order valence-corrected chi connectivity index (χ1v) is 30.6. The maximum atomic E-state index is 14.2. The molecule has 4 saturated carbocycles. The number of nitrogens with two attached hydrogens (primary N) is 1. The molecule has 0 bridgehead atoms. The van der Waals surface area contributed by atoms with Gasteiger partial charge in [0.15, 0.2) is 10.9 Å². The van der Waals surface area contributed by atoms with Gasteiger partial charge < -0.3 is 35.3 Å². The first kappa shape index (κ1) is 59.2. The number of hydrogen-bond acceptors (Lipinski definition) is 12. The predicted octanol–water partition coefficient (Wildman–Crippen LogP) is 14.6. The number of allylic oxidation sites excluding steroid dienone is 1. The number of aromatic nitrogens is 2. The van der Waals surface area contributed by atoms with E-state index in [1.807, 2.05) is 45.9 Å². The summed E-state index contributed by atoms with van der Waals surface area (Å²) in [5, 5.41) is 6.91. The van der Waals surface area contributed by atoms with Crippen LogP contribution in [-0.2, 0) is 23.8 Å². The van der Waals surface area contributed by atoms with Gasteiger partial charge in [0.1, 0.15) is 28.9 Å². The molecule has 3 aromatic rings. The minimum atomic E-state index is -1.23. The monoisotopic (exact) mass is 1080 g/mol. The normalized spacial score (nSPS) is 28.9. The Hall–Kier alpha value is -3.91. The molecule has 1 amide bonds. The van der Waals surface area contributed by atoms with Gasteiger partial charge in [-0.1, -0.05) is 83.3 Å². The van der Waals surface area contributed by atoms with Crippen molar-refractivity contribution in [3.63, 3.8) is 0 Å². The van der Waals surface area contributed by atoms with Gasteiger partial charge in [-0.2, -0.15) is 0 Å². The van der Waals surface area contributed by atoms with Gasteiger partial charge in [-0.25, -0.2) is 4.98 Å². The Morgan fingerprint density at radius 2 is 1.62 bits per heavy atom. The summed E-state index contributed by atoms with van der Waals surface area (Å²) in [6, 6.07) is 8.88. The van der Waals surface area contributed by atoms with Gasteiger partial charge >= 0.3 is 5.97 Å². The van der Waals surface area contributed by atoms with Crippen molar-refractivity contribution in [2.45, 2.75) is 234 Å². The molecule has 2 aromatic heterocycles. The van der Waals surface area contributed by atoms with Crippen molar-refractivity contribution in [2.75, 3.05) is 19.0 Å². The number of fused-ring (bicyclic) bond motifs is 6. The highest BCUT2D eigenvalue weighted by Gasteiger charge is 2.59. The van der Waals surface area contributed by atoms with E-state index >= 15 is 0 Å². The zero-order chi connectivity index (χ0) is 55.7. The number of esters is 1. The van der Waals surface area contributed by atoms with E-state index in [1.165, 1.54) is 69.1 Å². The van der Waals surface area contributed by atoms with E-state index in [4.69, 9.17) is 29.7 Å². The molecule has 12 nitrogen and oxygen atoms in total. The molecule has 0 radical (unpaired) electrons. The number of hydrogen-bond donors (Lipinski definition) is 3. The van der Waals surface area contributed by atoms with Crippen LogP contribution in [0.3, 0.4) is 0 Å². The highest BCUT2D eigenvalue weighted by Crippen LogP contribution is 2.67. The minimum Gasteiger partial charge on any atom is -0.460 e. The lowest BCUT2D eigenvalue weighted by molar-refractivity contribution is -0.162. The summed E-state index contributed by atoms with van der Waals surface area (Å²) in [5.74, 6) is 5.32. The van der Waals surface area contributed by atoms with Crippen molar-refractivity contribution in [3.05, 3.63) is 53.9 Å². The molecule has 5 aliphatic rings. The second-order valence-corrected chi connectivity index (χ2v) is 28.5. The molecule has 4 unspecified atom stereocenters. The Kier molecular flexibility index (Phi) is 18.2. The third kappa shape index (κ3) is 13.5. The molecule has 11 atom stereocenters. The van der Waals surface area contributed by atoms with Crippen molar-refractivity contribution in [2.24, 2.45) is 57.5 Å². The van der Waals surface area contributed by atoms with Crippen LogP contribution in [0.15, 0.2) is 48.2 Å². The van der Waals surface area contributed by atoms with Gasteiger partial charge in [0.2, 0.25) is 0 Å². The summed E-state index contributed by atoms with van der Waals surface area (Å²) in [6.45, 7) is 26.5. The smallest absolute Gasteiger partial charge is 0.311 e. The summed E-state index contributed by atoms with van der Waals surface area (Å²) in [4.78, 5) is 49.2. The van der Waals surface area contributed by atoms with Crippen molar-refractivity contribution >= 4 is 44.3 Å². The molecule has 0 spiro atoms. The Balaban J connectivity index is 0.786. The lowest BCUT2D eigenvalue weighted by atomic mass is 9.47. The number of ketones is 1. The Bertz CT molecular complexity index is 2590. The average molecular weight is 1080 g/mol. The number of nitrogens with one attached hydrogen (secondary N) is 2. The highest BCUT2D eigenvalue weighted by molar-refractivity contribution is 7.22. The van der Waals surface area contributed by atoms with E-state index in [1.54, 1.807) is 37.9 Å². The highest BCUT2D eigenvalue weighted by atomic mass is 32.1. The summed E-state index contributed by atoms with van der Waals surface area (Å²) < 4.78 is 26.7. The SMILES string of the molecule is CNC(=O)c1cc(Oc2ccc3nc(N[C@H]4CCCC[C@@H]4OC(=O)C(C)(C)CCC(C)(N)C(=O)C(C)(C)OCCC(C)(C)O[C@H]4CC[C@@]5(C)C(=CCC6C5CC[C@@]5(C)C6CC[C@@H]5[C@H](C)CCCC(C)C)C4)sc3c2)ccn1. The van der Waals surface area contributed by atoms with Crippen molar-refractivity contribution in [1.29, 1.82) is 0 Å². The number of benzene rings is 1. The van der Waals surface area contributed by atoms with Gasteiger partial charge in [-0.3, -0.25) is 19.4 Å². The molecular weight excluding hydrogens is 983 g/mol. The van der Waals surface area contributed by atoms with Crippen LogP contribution in [0.4, 0.5) is 5.13 Å². The van der Waals surface area contributed by atoms with Crippen molar-refractivity contribution < 1.29 is 33.3 Å². The number of rotatable bonds is 23. The van der Waals surface area contributed by atoms with Crippen LogP contribution in [-0.4, -0.2) is 76.3 Å². The second kappa shape index (κ2) is 23.7. The molecule has 13 heteroatoms. The van der Waals surface area contributed by atoms with Crippen molar-refractivity contribution in [1.82, 2.24) is 15.3 Å². The fraction of sp³-hybridized carbons (Fsp3) is 0.734. The van der Waals surface area contributed by atoms with Gasteiger partial charge in [0.05, 0.1) is 45.5 Å². The molecular formula is C64H97N5O7S. The Labute approximate surface area is 466 Å². The van der Waals surface area contributed by atoms with E-state index < -0.39 is 22.2 Å². The number of carbonyl (C=O) groups excluding carboxylic acids is 3. The second-order valence-electron chi connectivity index (χ2n) is 27.5. The van der Waals surface area contributed by atoms with E-state index in [-0.39, 0.29) is 47.0 Å². The van der Waals surface area contributed by atoms with E-state index in [2.05, 4.69) is 70.2 Å². The first-order chi connectivity index (χ1) is 36.2. The van der Waals surface area contributed by atoms with Gasteiger partial charge in [0.25, 0.3) is 5.91 Å². The molecule has 5 aliphatic carbocycles. The van der Waals surface area contributed by atoms with Crippen molar-refractivity contribution in [3.8, 4) is 11.5 Å². The molecule has 4 N–H and O–H groups in total. The van der Waals surface area contributed by atoms with Crippen LogP contribution in [0, 0.1) is 51.8 Å². The molecule has 77 heavy (non-hydrogen) atoms. The standard InChI is InChI=1S/C64H97N5O7S/c1-40(2)17-16-18-41(3)47-24-25-48-46-23-21-42-37-45(27-30-62(42,10)49(46)28-31-63(47,48)11)76-60(6,7)34-36-73-61(8,9)56(71)64(12,65)33-32-59(4,5)57(72)75-53-20-15-14-19-50(53)68-58-69-51-26-22-43(39-54(51)77-58)74-44-29-35-67-52(38-44)55(70)66-13/h21-22,26,29,35,38-41,45-50,53H,14-20,23-25,27-28,30-34,36-37,65H2,1-13H3,(H,66,70)(H,68,69)/t41-,45+,46?,47-,48?,49?,50+,53+,62+,63-,64?/m1/s1. The van der Waals surface area contributed by atoms with Gasteiger partial charge in [-0.05, 0) is 203 Å². The average Bonchev–Trinajstić information content (AvgIpc) is 4.05. The lowest BCUT2D eigenvalue weighted by Crippen LogP contribution is -2.56. The molecule has 0 aliphatic heterocycles. The van der Waals surface area contributed by atoms with Gasteiger partial charge in [-0.15, -0.1) is 0 Å². The molecule has 1 aromatic carbocycles.